The van der Waals surface area contributed by atoms with Crippen LogP contribution in [0.15, 0.2) is 279 Å². The Morgan fingerprint density at radius 1 is 0.183 bits per heavy atom. The van der Waals surface area contributed by atoms with Gasteiger partial charge in [0.25, 0.3) is 0 Å². The monoisotopic (exact) mass is 1400 g/mol. The number of hydrogen-bond acceptors (Lipinski definition) is 6. The summed E-state index contributed by atoms with van der Waals surface area (Å²) in [5, 5.41) is 63.7. The molecule has 6 unspecified atom stereocenters. The van der Waals surface area contributed by atoms with E-state index >= 15 is 0 Å². The molecule has 6 heteroatoms. The molecule has 0 aliphatic heterocycles. The second kappa shape index (κ2) is 50.3. The predicted octanol–water partition coefficient (Wildman–Crippen LogP) is 26.1. The first kappa shape index (κ1) is 89.1. The highest BCUT2D eigenvalue weighted by atomic mass is 16.2. The maximum Gasteiger partial charge on any atom is 0.0319 e. The molecular weight excluding hydrogens is 1270 g/mol. The second-order valence-corrected chi connectivity index (χ2v) is 25.7. The summed E-state index contributed by atoms with van der Waals surface area (Å²) in [7, 11) is 6.00. The molecule has 6 N–H and O–H groups in total. The van der Waals surface area contributed by atoms with Gasteiger partial charge in [0, 0.05) is 42.7 Å². The zero-order chi connectivity index (χ0) is 76.9. The Kier molecular flexibility index (Phi) is 43.1. The number of benzene rings is 14. The van der Waals surface area contributed by atoms with Gasteiger partial charge in [0.2, 0.25) is 0 Å². The van der Waals surface area contributed by atoms with E-state index in [1.807, 2.05) is 0 Å². The molecule has 0 bridgehead atoms. The lowest BCUT2D eigenvalue weighted by Crippen LogP contribution is -1.95. The van der Waals surface area contributed by atoms with Gasteiger partial charge in [-0.25, -0.2) is 0 Å². The van der Waals surface area contributed by atoms with Crippen molar-refractivity contribution >= 4 is 86.2 Å². The lowest BCUT2D eigenvalue weighted by atomic mass is 9.88. The topological polar surface area (TPSA) is 121 Å². The molecule has 0 amide bonds. The second-order valence-electron chi connectivity index (χ2n) is 25.7. The third-order valence-electron chi connectivity index (χ3n) is 19.7. The smallest absolute Gasteiger partial charge is 0.0319 e. The van der Waals surface area contributed by atoms with Crippen molar-refractivity contribution in [2.45, 2.75) is 157 Å². The minimum absolute atomic E-state index is 0.598. The van der Waals surface area contributed by atoms with E-state index in [9.17, 15) is 0 Å². The quantitative estimate of drug-likeness (QED) is 0.0535. The van der Waals surface area contributed by atoms with E-state index in [0.29, 0.717) is 35.5 Å². The van der Waals surface area contributed by atoms with Crippen LogP contribution in [0.2, 0.25) is 0 Å². The maximum atomic E-state index is 7.00. The minimum atomic E-state index is 0.598. The van der Waals surface area contributed by atoms with E-state index < -0.39 is 0 Å². The van der Waals surface area contributed by atoms with Gasteiger partial charge >= 0.3 is 0 Å². The fraction of sp³-hybridized carbons (Fsp3) is 0.306. The Balaban J connectivity index is 0.000000317. The Labute approximate surface area is 625 Å². The number of hydrogen-bond donors (Lipinski definition) is 6. The molecule has 0 radical (unpaired) electrons. The van der Waals surface area contributed by atoms with Gasteiger partial charge in [-0.1, -0.05) is 344 Å². The molecule has 0 fully saturated rings. The maximum absolute atomic E-state index is 7.00. The highest BCUT2D eigenvalue weighted by Crippen LogP contribution is 2.36. The molecule has 0 heterocycles. The van der Waals surface area contributed by atoms with Gasteiger partial charge in [-0.3, -0.25) is 0 Å². The Morgan fingerprint density at radius 3 is 0.923 bits per heavy atom. The lowest BCUT2D eigenvalue weighted by Gasteiger charge is -2.16. The van der Waals surface area contributed by atoms with Crippen molar-refractivity contribution in [3.63, 3.8) is 0 Å². The molecule has 0 saturated carbocycles. The molecular formula is C98H124O6. The highest BCUT2D eigenvalue weighted by Gasteiger charge is 2.13. The van der Waals surface area contributed by atoms with Gasteiger partial charge in [-0.05, 0) is 212 Å². The summed E-state index contributed by atoms with van der Waals surface area (Å²) < 4.78 is 0. The van der Waals surface area contributed by atoms with Crippen molar-refractivity contribution in [3.05, 3.63) is 312 Å². The number of aliphatic hydroxyl groups excluding tert-OH is 6. The van der Waals surface area contributed by atoms with Gasteiger partial charge in [0.15, 0.2) is 0 Å². The summed E-state index contributed by atoms with van der Waals surface area (Å²) in [6, 6.07) is 101. The van der Waals surface area contributed by atoms with E-state index in [0.717, 1.165) is 42.7 Å². The van der Waals surface area contributed by atoms with E-state index in [2.05, 4.69) is 362 Å². The van der Waals surface area contributed by atoms with Gasteiger partial charge in [-0.15, -0.1) is 0 Å². The fourth-order valence-corrected chi connectivity index (χ4v) is 12.5. The summed E-state index contributed by atoms with van der Waals surface area (Å²) in [5.74, 6) is 3.90. The zero-order valence-electron chi connectivity index (χ0n) is 65.9. The average molecular weight is 1400 g/mol. The molecule has 104 heavy (non-hydrogen) atoms. The molecule has 0 saturated heterocycles. The van der Waals surface area contributed by atoms with Gasteiger partial charge in [0.05, 0.1) is 0 Å². The van der Waals surface area contributed by atoms with E-state index in [1.54, 1.807) is 0 Å². The largest absolute Gasteiger partial charge is 0.400 e. The molecule has 0 aliphatic rings. The summed E-state index contributed by atoms with van der Waals surface area (Å²) in [5.41, 5.74) is 8.77. The van der Waals surface area contributed by atoms with Crippen LogP contribution in [-0.2, 0) is 0 Å². The van der Waals surface area contributed by atoms with Crippen LogP contribution in [0, 0.1) is 0 Å². The highest BCUT2D eigenvalue weighted by molar-refractivity contribution is 6.08. The first-order valence-corrected chi connectivity index (χ1v) is 37.3. The standard InChI is InChI=1S/3C18H18.2C14H16.C10H14.6CH4O/c1-3-13(2)18-16-10-6-4-8-14(16)12-15-9-5-7-11-17(15)18;1-3-13(2)14-8-9-17-11-15-6-4-5-7-16(15)12-18(17)10-14;1-3-13(2)16-11-10-15-9-8-14-6-4-5-7-17(14)18(15)12-16;1-3-11(2)13-10-6-8-12-7-4-5-9-14(12)13;1-3-11(2)13-9-8-12-6-4-5-7-14(12)10-13;1-3-9(2)10-7-5-4-6-8-10;6*1-2/h3*4-13H,3H2,1-2H3;2*4-11H,3H2,1-2H3;4-9H,3H2,1-2H3;6*2H,1H3. The van der Waals surface area contributed by atoms with Crippen LogP contribution in [0.25, 0.3) is 86.2 Å². The van der Waals surface area contributed by atoms with Crippen molar-refractivity contribution in [1.29, 1.82) is 0 Å². The van der Waals surface area contributed by atoms with Crippen LogP contribution in [0.3, 0.4) is 0 Å². The fourth-order valence-electron chi connectivity index (χ4n) is 12.5. The van der Waals surface area contributed by atoms with Crippen LogP contribution in [0.5, 0.6) is 0 Å². The molecule has 0 aliphatic carbocycles. The zero-order valence-corrected chi connectivity index (χ0v) is 65.9. The van der Waals surface area contributed by atoms with Crippen molar-refractivity contribution in [2.24, 2.45) is 0 Å². The third-order valence-corrected chi connectivity index (χ3v) is 19.7. The van der Waals surface area contributed by atoms with Crippen molar-refractivity contribution in [2.75, 3.05) is 42.7 Å². The molecule has 14 rings (SSSR count). The first-order valence-electron chi connectivity index (χ1n) is 37.3. The number of rotatable bonds is 12. The van der Waals surface area contributed by atoms with Crippen LogP contribution < -0.4 is 0 Å². The van der Waals surface area contributed by atoms with E-state index in [1.165, 1.54) is 158 Å². The summed E-state index contributed by atoms with van der Waals surface area (Å²) in [6.07, 6.45) is 7.20. The third kappa shape index (κ3) is 25.7. The molecule has 14 aromatic rings. The first-order chi connectivity index (χ1) is 50.9. The molecule has 6 nitrogen and oxygen atoms in total. The van der Waals surface area contributed by atoms with Crippen LogP contribution in [0.4, 0.5) is 0 Å². The average Bonchev–Trinajstić information content (AvgIpc) is 0.777. The van der Waals surface area contributed by atoms with Gasteiger partial charge < -0.3 is 30.6 Å². The van der Waals surface area contributed by atoms with Gasteiger partial charge in [-0.2, -0.15) is 0 Å². The van der Waals surface area contributed by atoms with Crippen molar-refractivity contribution in [3.8, 4) is 0 Å². The predicted molar refractivity (Wildman–Crippen MR) is 460 cm³/mol. The van der Waals surface area contributed by atoms with Crippen LogP contribution in [-0.4, -0.2) is 73.3 Å². The van der Waals surface area contributed by atoms with Gasteiger partial charge in [0.1, 0.15) is 0 Å². The summed E-state index contributed by atoms with van der Waals surface area (Å²) in [4.78, 5) is 0. The molecule has 0 spiro atoms. The van der Waals surface area contributed by atoms with Crippen molar-refractivity contribution < 1.29 is 30.6 Å². The molecule has 14 aromatic carbocycles. The Morgan fingerprint density at radius 2 is 0.462 bits per heavy atom. The lowest BCUT2D eigenvalue weighted by molar-refractivity contribution is 0.399. The van der Waals surface area contributed by atoms with E-state index in [-0.39, 0.29) is 0 Å². The van der Waals surface area contributed by atoms with Crippen molar-refractivity contribution in [1.82, 2.24) is 0 Å². The normalized spacial score (nSPS) is 11.8. The van der Waals surface area contributed by atoms with E-state index in [4.69, 9.17) is 30.6 Å². The Hall–Kier alpha value is -9.08. The molecule has 552 valence electrons. The SMILES string of the molecule is CCC(C)c1c2ccccc2cc2ccccc12.CCC(C)c1ccc2cc3ccccc3cc2c1.CCC(C)c1ccc2ccc3ccccc3c2c1.CCC(C)c1ccc2ccccc2c1.CCC(C)c1cccc2ccccc12.CCC(C)c1ccccc1.CO.CO.CO.CO.CO.CO. The van der Waals surface area contributed by atoms with Crippen LogP contribution >= 0.6 is 0 Å². The summed E-state index contributed by atoms with van der Waals surface area (Å²) in [6.45, 7) is 27.2. The molecule has 0 aromatic heterocycles. The summed E-state index contributed by atoms with van der Waals surface area (Å²) >= 11 is 0. The minimum Gasteiger partial charge on any atom is -0.400 e. The number of fused-ring (bicyclic) bond motifs is 9. The molecule has 6 atom stereocenters. The Bertz CT molecular complexity index is 4560. The van der Waals surface area contributed by atoms with Crippen LogP contribution in [0.1, 0.15) is 190 Å². The number of aliphatic hydroxyl groups is 6.